The van der Waals surface area contributed by atoms with Gasteiger partial charge in [-0.2, -0.15) is 0 Å². The minimum Gasteiger partial charge on any atom is -0.545 e. The number of ether oxygens (including phenoxy) is 4. The number of hydrogen-bond donors (Lipinski definition) is 0. The standard InChI is InChI=1S/C85H165NO8/c1-6-8-10-12-14-16-18-20-22-24-26-28-30-32-34-36-38-40-42-44-46-48-50-52-54-56-58-60-62-64-66-68-70-72-74-76-83(88)94-81(80-93-85(84(89)90)91-78-77-86(3,4)5)79-92-82(87)75-73-71-69-67-65-63-61-59-57-55-53-51-49-47-45-43-41-39-37-35-33-31-29-27-25-23-21-19-17-15-13-11-9-7-2/h24,26,81,85H,6-23,25,27-80H2,1-5H3/b26-24-. The summed E-state index contributed by atoms with van der Waals surface area (Å²) in [5.41, 5.74) is 0. The second-order valence-electron chi connectivity index (χ2n) is 30.5. The largest absolute Gasteiger partial charge is 0.545 e. The van der Waals surface area contributed by atoms with E-state index in [1.54, 1.807) is 0 Å². The van der Waals surface area contributed by atoms with E-state index in [1.807, 2.05) is 21.1 Å². The number of carbonyl (C=O) groups excluding carboxylic acids is 3. The fourth-order valence-corrected chi connectivity index (χ4v) is 13.3. The topological polar surface area (TPSA) is 111 Å². The summed E-state index contributed by atoms with van der Waals surface area (Å²) in [5, 5.41) is 11.9. The van der Waals surface area contributed by atoms with Gasteiger partial charge in [-0.25, -0.2) is 0 Å². The third-order valence-corrected chi connectivity index (χ3v) is 19.8. The lowest BCUT2D eigenvalue weighted by Crippen LogP contribution is -2.44. The maximum absolute atomic E-state index is 13.0. The minimum atomic E-state index is -1.62. The molecule has 0 N–H and O–H groups in total. The second-order valence-corrected chi connectivity index (χ2v) is 30.5. The van der Waals surface area contributed by atoms with Crippen molar-refractivity contribution in [2.45, 2.75) is 469 Å². The van der Waals surface area contributed by atoms with E-state index in [9.17, 15) is 19.5 Å². The third kappa shape index (κ3) is 77.4. The number of carbonyl (C=O) groups is 3. The van der Waals surface area contributed by atoms with Gasteiger partial charge in [0.25, 0.3) is 0 Å². The van der Waals surface area contributed by atoms with Gasteiger partial charge in [0, 0.05) is 12.8 Å². The van der Waals surface area contributed by atoms with E-state index in [2.05, 4.69) is 26.0 Å². The Morgan fingerprint density at radius 3 is 0.787 bits per heavy atom. The Labute approximate surface area is 586 Å². The summed E-state index contributed by atoms with van der Waals surface area (Å²) in [6.07, 6.45) is 93.7. The molecule has 2 atom stereocenters. The van der Waals surface area contributed by atoms with E-state index < -0.39 is 24.3 Å². The predicted octanol–water partition coefficient (Wildman–Crippen LogP) is 25.8. The number of unbranched alkanes of at least 4 members (excludes halogenated alkanes) is 64. The van der Waals surface area contributed by atoms with Crippen molar-refractivity contribution in [1.29, 1.82) is 0 Å². The average molecular weight is 1330 g/mol. The number of nitrogens with zero attached hydrogens (tertiary/aromatic N) is 1. The number of carboxylic acids is 1. The Kier molecular flexibility index (Phi) is 75.2. The molecule has 0 heterocycles. The summed E-state index contributed by atoms with van der Waals surface area (Å²) in [6, 6.07) is 0. The highest BCUT2D eigenvalue weighted by molar-refractivity contribution is 5.70. The van der Waals surface area contributed by atoms with Crippen molar-refractivity contribution in [3.05, 3.63) is 12.2 Å². The summed E-state index contributed by atoms with van der Waals surface area (Å²) < 4.78 is 22.9. The molecule has 0 bridgehead atoms. The first-order chi connectivity index (χ1) is 46.1. The van der Waals surface area contributed by atoms with Crippen LogP contribution in [0.4, 0.5) is 0 Å². The molecule has 9 heteroatoms. The predicted molar refractivity (Wildman–Crippen MR) is 403 cm³/mol. The summed E-state index contributed by atoms with van der Waals surface area (Å²) in [4.78, 5) is 37.6. The summed E-state index contributed by atoms with van der Waals surface area (Å²) in [7, 11) is 5.96. The number of aliphatic carboxylic acids is 1. The SMILES string of the molecule is CCCCCCCCCC/C=C\CCCCCCCCCCCCCCCCCCCCCCCCCC(=O)OC(COC(=O)CCCCCCCCCCCCCCCCCCCCCCCCCCCCCCCCCCCC)COC(OCC[N+](C)(C)C)C(=O)[O-]. The Morgan fingerprint density at radius 1 is 0.309 bits per heavy atom. The molecule has 0 spiro atoms. The minimum absolute atomic E-state index is 0.153. The quantitative estimate of drug-likeness (QED) is 0.0195. The van der Waals surface area contributed by atoms with Gasteiger partial charge in [0.05, 0.1) is 40.3 Å². The molecule has 9 nitrogen and oxygen atoms in total. The van der Waals surface area contributed by atoms with Crippen LogP contribution in [0.15, 0.2) is 12.2 Å². The maximum Gasteiger partial charge on any atom is 0.306 e. The van der Waals surface area contributed by atoms with Gasteiger partial charge in [-0.1, -0.05) is 418 Å². The normalized spacial score (nSPS) is 12.6. The van der Waals surface area contributed by atoms with Crippen LogP contribution in [0.25, 0.3) is 0 Å². The van der Waals surface area contributed by atoms with Crippen molar-refractivity contribution in [2.24, 2.45) is 0 Å². The van der Waals surface area contributed by atoms with Crippen molar-refractivity contribution < 1.29 is 42.9 Å². The van der Waals surface area contributed by atoms with Gasteiger partial charge in [0.2, 0.25) is 0 Å². The molecule has 94 heavy (non-hydrogen) atoms. The van der Waals surface area contributed by atoms with Crippen molar-refractivity contribution >= 4 is 17.9 Å². The van der Waals surface area contributed by atoms with E-state index in [4.69, 9.17) is 18.9 Å². The molecule has 0 rings (SSSR count). The van der Waals surface area contributed by atoms with Crippen LogP contribution < -0.4 is 5.11 Å². The Hall–Kier alpha value is -1.97. The van der Waals surface area contributed by atoms with Crippen LogP contribution in [0.3, 0.4) is 0 Å². The highest BCUT2D eigenvalue weighted by atomic mass is 16.7. The molecular weight excluding hydrogens is 1160 g/mol. The van der Waals surface area contributed by atoms with Gasteiger partial charge < -0.3 is 33.3 Å². The average Bonchev–Trinajstić information content (AvgIpc) is 3.76. The lowest BCUT2D eigenvalue weighted by atomic mass is 10.0. The first-order valence-corrected chi connectivity index (χ1v) is 42.3. The Morgan fingerprint density at radius 2 is 0.543 bits per heavy atom. The zero-order valence-corrected chi connectivity index (χ0v) is 64.1. The van der Waals surface area contributed by atoms with Crippen LogP contribution in [0.2, 0.25) is 0 Å². The number of quaternary nitrogens is 1. The molecule has 2 unspecified atom stereocenters. The highest BCUT2D eigenvalue weighted by Crippen LogP contribution is 2.21. The van der Waals surface area contributed by atoms with E-state index in [-0.39, 0.29) is 32.2 Å². The first kappa shape index (κ1) is 92.0. The molecule has 0 aliphatic rings. The van der Waals surface area contributed by atoms with Crippen LogP contribution in [0.5, 0.6) is 0 Å². The number of hydrogen-bond acceptors (Lipinski definition) is 8. The van der Waals surface area contributed by atoms with Crippen molar-refractivity contribution in [3.8, 4) is 0 Å². The monoisotopic (exact) mass is 1330 g/mol. The fraction of sp³-hybridized carbons (Fsp3) is 0.941. The maximum atomic E-state index is 13.0. The van der Waals surface area contributed by atoms with Crippen LogP contribution in [0.1, 0.15) is 457 Å². The molecule has 0 radical (unpaired) electrons. The number of allylic oxidation sites excluding steroid dienone is 2. The molecule has 0 aromatic carbocycles. The molecular formula is C85H165NO8. The highest BCUT2D eigenvalue weighted by Gasteiger charge is 2.22. The molecule has 0 aromatic heterocycles. The lowest BCUT2D eigenvalue weighted by molar-refractivity contribution is -0.870. The lowest BCUT2D eigenvalue weighted by Gasteiger charge is -2.26. The zero-order chi connectivity index (χ0) is 68.2. The van der Waals surface area contributed by atoms with Gasteiger partial charge >= 0.3 is 11.9 Å². The van der Waals surface area contributed by atoms with Crippen LogP contribution in [0, 0.1) is 0 Å². The smallest absolute Gasteiger partial charge is 0.306 e. The molecule has 0 saturated carbocycles. The molecule has 0 amide bonds. The zero-order valence-electron chi connectivity index (χ0n) is 64.1. The van der Waals surface area contributed by atoms with Gasteiger partial charge in [0.1, 0.15) is 13.2 Å². The fourth-order valence-electron chi connectivity index (χ4n) is 13.3. The van der Waals surface area contributed by atoms with Crippen molar-refractivity contribution in [2.75, 3.05) is 47.5 Å². The molecule has 0 aliphatic carbocycles. The van der Waals surface area contributed by atoms with Gasteiger partial charge in [-0.05, 0) is 38.5 Å². The van der Waals surface area contributed by atoms with Crippen LogP contribution in [-0.2, 0) is 33.3 Å². The molecule has 0 fully saturated rings. The van der Waals surface area contributed by atoms with Crippen LogP contribution >= 0.6 is 0 Å². The first-order valence-electron chi connectivity index (χ1n) is 42.3. The van der Waals surface area contributed by atoms with Gasteiger partial charge in [-0.3, -0.25) is 9.59 Å². The Bertz CT molecular complexity index is 1550. The van der Waals surface area contributed by atoms with E-state index >= 15 is 0 Å². The van der Waals surface area contributed by atoms with E-state index in [0.29, 0.717) is 17.4 Å². The van der Waals surface area contributed by atoms with Crippen LogP contribution in [-0.4, -0.2) is 82.3 Å². The summed E-state index contributed by atoms with van der Waals surface area (Å²) in [6.45, 7) is 4.85. The van der Waals surface area contributed by atoms with E-state index in [0.717, 1.165) is 38.5 Å². The number of likely N-dealkylation sites (N-methyl/N-ethyl adjacent to an activating group) is 1. The molecule has 0 aliphatic heterocycles. The number of rotatable bonds is 81. The Balaban J connectivity index is 3.92. The van der Waals surface area contributed by atoms with Crippen molar-refractivity contribution in [3.63, 3.8) is 0 Å². The third-order valence-electron chi connectivity index (χ3n) is 19.8. The van der Waals surface area contributed by atoms with E-state index in [1.165, 1.54) is 392 Å². The summed E-state index contributed by atoms with van der Waals surface area (Å²) in [5.74, 6) is -2.24. The molecule has 0 saturated heterocycles. The molecule has 558 valence electrons. The summed E-state index contributed by atoms with van der Waals surface area (Å²) >= 11 is 0. The second kappa shape index (κ2) is 76.8. The number of carboxylic acid groups (broad SMARTS) is 1. The van der Waals surface area contributed by atoms with Gasteiger partial charge in [0.15, 0.2) is 12.4 Å². The van der Waals surface area contributed by atoms with Gasteiger partial charge in [-0.15, -0.1) is 0 Å². The molecule has 0 aromatic rings. The number of esters is 2. The van der Waals surface area contributed by atoms with Crippen molar-refractivity contribution in [1.82, 2.24) is 0 Å².